The van der Waals surface area contributed by atoms with Gasteiger partial charge in [0.05, 0.1) is 15.8 Å². The number of hydrogen-bond donors (Lipinski definition) is 2. The minimum absolute atomic E-state index is 0.0766. The molecule has 1 amide bonds. The van der Waals surface area contributed by atoms with Crippen molar-refractivity contribution in [3.8, 4) is 0 Å². The van der Waals surface area contributed by atoms with E-state index in [0.717, 1.165) is 4.57 Å². The van der Waals surface area contributed by atoms with Crippen molar-refractivity contribution in [3.05, 3.63) is 68.5 Å². The molecule has 3 aromatic rings. The van der Waals surface area contributed by atoms with Gasteiger partial charge in [-0.25, -0.2) is 22.9 Å². The summed E-state index contributed by atoms with van der Waals surface area (Å²) in [5, 5.41) is 2.83. The summed E-state index contributed by atoms with van der Waals surface area (Å²) < 4.78 is 29.3. The number of benzene rings is 1. The molecule has 0 unspecified atom stereocenters. The van der Waals surface area contributed by atoms with E-state index in [1.807, 2.05) is 0 Å². The summed E-state index contributed by atoms with van der Waals surface area (Å²) in [5.74, 6) is -0.487. The predicted molar refractivity (Wildman–Crippen MR) is 115 cm³/mol. The lowest BCUT2D eigenvalue weighted by Crippen LogP contribution is -2.37. The highest BCUT2D eigenvalue weighted by Gasteiger charge is 2.16. The molecular formula is C20H23N5O5S. The van der Waals surface area contributed by atoms with Gasteiger partial charge in [-0.15, -0.1) is 0 Å². The molecule has 10 nitrogen and oxygen atoms in total. The Balaban J connectivity index is 1.83. The Bertz CT molecular complexity index is 1390. The molecule has 0 saturated heterocycles. The predicted octanol–water partition coefficient (Wildman–Crippen LogP) is 0.249. The molecule has 31 heavy (non-hydrogen) atoms. The van der Waals surface area contributed by atoms with Gasteiger partial charge in [-0.05, 0) is 37.6 Å². The fourth-order valence-electron chi connectivity index (χ4n) is 3.07. The number of aromatic nitrogens is 3. The first-order chi connectivity index (χ1) is 14.5. The van der Waals surface area contributed by atoms with Crippen LogP contribution in [-0.4, -0.2) is 34.5 Å². The first-order valence-corrected chi connectivity index (χ1v) is 10.9. The summed E-state index contributed by atoms with van der Waals surface area (Å²) in [6.07, 6.45) is 1.28. The van der Waals surface area contributed by atoms with E-state index in [1.165, 1.54) is 43.1 Å². The van der Waals surface area contributed by atoms with E-state index in [1.54, 1.807) is 26.0 Å². The Morgan fingerprint density at radius 3 is 2.52 bits per heavy atom. The Morgan fingerprint density at radius 1 is 1.13 bits per heavy atom. The van der Waals surface area contributed by atoms with Crippen LogP contribution in [0, 0.1) is 0 Å². The summed E-state index contributed by atoms with van der Waals surface area (Å²) in [7, 11) is -0.806. The van der Waals surface area contributed by atoms with E-state index in [4.69, 9.17) is 0 Å². The number of amides is 1. The van der Waals surface area contributed by atoms with E-state index < -0.39 is 27.2 Å². The molecule has 0 spiro atoms. The number of carbonyl (C=O) groups excluding carboxylic acids is 1. The second kappa shape index (κ2) is 8.44. The quantitative estimate of drug-likeness (QED) is 0.559. The van der Waals surface area contributed by atoms with E-state index in [9.17, 15) is 22.8 Å². The van der Waals surface area contributed by atoms with Gasteiger partial charge in [0, 0.05) is 32.9 Å². The van der Waals surface area contributed by atoms with Crippen LogP contribution in [0.3, 0.4) is 0 Å². The molecule has 11 heteroatoms. The van der Waals surface area contributed by atoms with Gasteiger partial charge in [0.1, 0.15) is 5.65 Å². The molecule has 0 atom stereocenters. The van der Waals surface area contributed by atoms with Gasteiger partial charge < -0.3 is 5.32 Å². The van der Waals surface area contributed by atoms with Gasteiger partial charge >= 0.3 is 5.69 Å². The number of pyridine rings is 1. The smallest absolute Gasteiger partial charge is 0.332 e. The average molecular weight is 446 g/mol. The van der Waals surface area contributed by atoms with E-state index >= 15 is 0 Å². The maximum Gasteiger partial charge on any atom is 0.332 e. The Labute approximate surface area is 178 Å². The van der Waals surface area contributed by atoms with Crippen LogP contribution < -0.4 is 21.3 Å². The number of hydrogen-bond acceptors (Lipinski definition) is 6. The molecule has 1 aromatic carbocycles. The van der Waals surface area contributed by atoms with Crippen molar-refractivity contribution < 1.29 is 13.2 Å². The first-order valence-electron chi connectivity index (χ1n) is 9.46. The molecule has 2 heterocycles. The van der Waals surface area contributed by atoms with Crippen LogP contribution in [0.15, 0.2) is 51.0 Å². The van der Waals surface area contributed by atoms with Gasteiger partial charge in [0.15, 0.2) is 0 Å². The standard InChI is InChI=1S/C20H23N5O5S/c1-12(2)23-31(29,30)15-7-5-6-13(8-15)10-22-18(26)14-9-16-17(21-11-14)24(3)20(28)25(4)19(16)27/h5-9,11-12,23H,10H2,1-4H3,(H,22,26). The number of nitrogens with zero attached hydrogens (tertiary/aromatic N) is 3. The van der Waals surface area contributed by atoms with Gasteiger partial charge in [0.25, 0.3) is 11.5 Å². The summed E-state index contributed by atoms with van der Waals surface area (Å²) in [5.41, 5.74) is -0.138. The van der Waals surface area contributed by atoms with Crippen LogP contribution >= 0.6 is 0 Å². The third kappa shape index (κ3) is 4.57. The van der Waals surface area contributed by atoms with Crippen molar-refractivity contribution in [1.29, 1.82) is 0 Å². The monoisotopic (exact) mass is 445 g/mol. The lowest BCUT2D eigenvalue weighted by atomic mass is 10.2. The molecule has 0 bridgehead atoms. The van der Waals surface area contributed by atoms with E-state index in [0.29, 0.717) is 5.56 Å². The van der Waals surface area contributed by atoms with Crippen molar-refractivity contribution in [2.24, 2.45) is 14.1 Å². The lowest BCUT2D eigenvalue weighted by Gasteiger charge is -2.11. The molecule has 0 fully saturated rings. The second-order valence-corrected chi connectivity index (χ2v) is 9.12. The van der Waals surface area contributed by atoms with Gasteiger partial charge in [-0.3, -0.25) is 18.7 Å². The van der Waals surface area contributed by atoms with Crippen molar-refractivity contribution in [2.75, 3.05) is 0 Å². The summed E-state index contributed by atoms with van der Waals surface area (Å²) >= 11 is 0. The maximum absolute atomic E-state index is 12.6. The molecule has 0 aliphatic heterocycles. The zero-order valence-electron chi connectivity index (χ0n) is 17.5. The third-order valence-electron chi connectivity index (χ3n) is 4.61. The Hall–Kier alpha value is -3.31. The van der Waals surface area contributed by atoms with Crippen LogP contribution in [0.4, 0.5) is 0 Å². The van der Waals surface area contributed by atoms with Crippen LogP contribution in [0.25, 0.3) is 11.0 Å². The Morgan fingerprint density at radius 2 is 1.84 bits per heavy atom. The third-order valence-corrected chi connectivity index (χ3v) is 6.26. The number of nitrogens with one attached hydrogen (secondary N) is 2. The van der Waals surface area contributed by atoms with Gasteiger partial charge in [-0.2, -0.15) is 0 Å². The molecule has 0 aliphatic carbocycles. The van der Waals surface area contributed by atoms with Crippen molar-refractivity contribution in [1.82, 2.24) is 24.2 Å². The second-order valence-electron chi connectivity index (χ2n) is 7.41. The molecule has 2 N–H and O–H groups in total. The molecular weight excluding hydrogens is 422 g/mol. The van der Waals surface area contributed by atoms with E-state index in [2.05, 4.69) is 15.0 Å². The largest absolute Gasteiger partial charge is 0.348 e. The highest BCUT2D eigenvalue weighted by Crippen LogP contribution is 2.13. The average Bonchev–Trinajstić information content (AvgIpc) is 2.73. The van der Waals surface area contributed by atoms with Crippen molar-refractivity contribution in [3.63, 3.8) is 0 Å². The number of carbonyl (C=O) groups is 1. The summed E-state index contributed by atoms with van der Waals surface area (Å²) in [4.78, 5) is 41.2. The Kier molecular flexibility index (Phi) is 6.09. The van der Waals surface area contributed by atoms with Crippen LogP contribution in [-0.2, 0) is 30.7 Å². The summed E-state index contributed by atoms with van der Waals surface area (Å²) in [6, 6.07) is 7.38. The molecule has 0 saturated carbocycles. The normalized spacial score (nSPS) is 11.8. The fourth-order valence-corrected chi connectivity index (χ4v) is 4.40. The first kappa shape index (κ1) is 22.4. The molecule has 164 valence electrons. The van der Waals surface area contributed by atoms with Crippen LogP contribution in [0.5, 0.6) is 0 Å². The fraction of sp³-hybridized carbons (Fsp3) is 0.300. The minimum atomic E-state index is -3.65. The van der Waals surface area contributed by atoms with E-state index in [-0.39, 0.29) is 34.1 Å². The van der Waals surface area contributed by atoms with Crippen LogP contribution in [0.1, 0.15) is 29.8 Å². The van der Waals surface area contributed by atoms with Crippen molar-refractivity contribution >= 4 is 27.0 Å². The van der Waals surface area contributed by atoms with Gasteiger partial charge in [0.2, 0.25) is 10.0 Å². The molecule has 0 radical (unpaired) electrons. The molecule has 0 aliphatic rings. The summed E-state index contributed by atoms with van der Waals surface area (Å²) in [6.45, 7) is 3.53. The lowest BCUT2D eigenvalue weighted by molar-refractivity contribution is 0.0950. The number of rotatable bonds is 6. The van der Waals surface area contributed by atoms with Crippen LogP contribution in [0.2, 0.25) is 0 Å². The number of sulfonamides is 1. The molecule has 3 rings (SSSR count). The highest BCUT2D eigenvalue weighted by molar-refractivity contribution is 7.89. The minimum Gasteiger partial charge on any atom is -0.348 e. The maximum atomic E-state index is 12.6. The number of fused-ring (bicyclic) bond motifs is 1. The zero-order chi connectivity index (χ0) is 22.9. The molecule has 2 aromatic heterocycles. The van der Waals surface area contributed by atoms with Crippen molar-refractivity contribution in [2.45, 2.75) is 31.3 Å². The SMILES string of the molecule is CC(C)NS(=O)(=O)c1cccc(CNC(=O)c2cnc3c(c2)c(=O)n(C)c(=O)n3C)c1. The zero-order valence-corrected chi connectivity index (χ0v) is 18.4. The topological polar surface area (TPSA) is 132 Å². The van der Waals surface area contributed by atoms with Gasteiger partial charge in [-0.1, -0.05) is 12.1 Å². The number of aryl methyl sites for hydroxylation is 1. The highest BCUT2D eigenvalue weighted by atomic mass is 32.2.